The van der Waals surface area contributed by atoms with Gasteiger partial charge in [0.25, 0.3) is 5.56 Å². The number of H-pyrrole nitrogens is 1. The van der Waals surface area contributed by atoms with Gasteiger partial charge in [0.15, 0.2) is 0 Å². The minimum absolute atomic E-state index is 0.298. The van der Waals surface area contributed by atoms with E-state index in [9.17, 15) is 22.8 Å². The summed E-state index contributed by atoms with van der Waals surface area (Å²) in [4.78, 5) is 27.8. The van der Waals surface area contributed by atoms with E-state index in [1.807, 2.05) is 23.4 Å². The molecule has 0 atom stereocenters. The van der Waals surface area contributed by atoms with Crippen molar-refractivity contribution >= 4 is 23.1 Å². The van der Waals surface area contributed by atoms with Gasteiger partial charge >= 0.3 is 12.2 Å². The molecule has 0 saturated carbocycles. The Labute approximate surface area is 133 Å². The Hall–Kier alpha value is -2.29. The molecular weight excluding hydrogens is 331 g/mol. The molecule has 2 amide bonds. The largest absolute Gasteiger partial charge is 0.417 e. The Balaban J connectivity index is 2.13. The number of hydrogen-bond donors (Lipinski definition) is 2. The summed E-state index contributed by atoms with van der Waals surface area (Å²) in [5.74, 6) is 0. The van der Waals surface area contributed by atoms with E-state index >= 15 is 0 Å². The first-order valence-electron chi connectivity index (χ1n) is 6.53. The lowest BCUT2D eigenvalue weighted by molar-refractivity contribution is -0.137. The average Bonchev–Trinajstić information content (AvgIpc) is 2.85. The first-order chi connectivity index (χ1) is 10.7. The normalized spacial score (nSPS) is 11.3. The molecule has 2 aromatic rings. The van der Waals surface area contributed by atoms with E-state index in [0.29, 0.717) is 18.8 Å². The molecule has 0 aliphatic carbocycles. The number of carbonyl (C=O) groups is 1. The Morgan fingerprint density at radius 2 is 2.13 bits per heavy atom. The van der Waals surface area contributed by atoms with Crippen LogP contribution in [0.25, 0.3) is 0 Å². The fraction of sp³-hybridized carbons (Fsp3) is 0.286. The van der Waals surface area contributed by atoms with Gasteiger partial charge in [-0.1, -0.05) is 0 Å². The molecule has 2 heterocycles. The van der Waals surface area contributed by atoms with Crippen molar-refractivity contribution in [3.8, 4) is 0 Å². The molecule has 0 spiro atoms. The maximum absolute atomic E-state index is 12.6. The molecule has 0 fully saturated rings. The van der Waals surface area contributed by atoms with Crippen molar-refractivity contribution < 1.29 is 18.0 Å². The number of anilines is 1. The summed E-state index contributed by atoms with van der Waals surface area (Å²) in [6, 6.07) is 1.85. The van der Waals surface area contributed by atoms with Crippen LogP contribution in [0.2, 0.25) is 0 Å². The van der Waals surface area contributed by atoms with Gasteiger partial charge in [0.1, 0.15) is 5.69 Å². The summed E-state index contributed by atoms with van der Waals surface area (Å²) >= 11 is 1.47. The van der Waals surface area contributed by atoms with Crippen LogP contribution in [0.15, 0.2) is 28.5 Å². The third-order valence-electron chi connectivity index (χ3n) is 3.17. The summed E-state index contributed by atoms with van der Waals surface area (Å²) in [5, 5.41) is 4.09. The zero-order valence-corrected chi connectivity index (χ0v) is 13.1. The minimum Gasteiger partial charge on any atom is -0.327 e. The number of nitrogens with one attached hydrogen (secondary N) is 2. The van der Waals surface area contributed by atoms with Gasteiger partial charge in [0, 0.05) is 18.1 Å². The van der Waals surface area contributed by atoms with E-state index in [0.717, 1.165) is 10.4 Å². The van der Waals surface area contributed by atoms with Crippen LogP contribution >= 0.6 is 11.3 Å². The van der Waals surface area contributed by atoms with Crippen molar-refractivity contribution in [1.82, 2.24) is 9.88 Å². The Kier molecular flexibility index (Phi) is 4.79. The Bertz CT molecular complexity index is 767. The highest BCUT2D eigenvalue weighted by Crippen LogP contribution is 2.29. The number of alkyl halides is 3. The molecule has 0 aromatic carbocycles. The summed E-state index contributed by atoms with van der Waals surface area (Å²) in [6.07, 6.45) is -4.04. The van der Waals surface area contributed by atoms with Crippen molar-refractivity contribution in [1.29, 1.82) is 0 Å². The lowest BCUT2D eigenvalue weighted by Gasteiger charge is -2.18. The van der Waals surface area contributed by atoms with E-state index in [1.54, 1.807) is 0 Å². The molecule has 5 nitrogen and oxygen atoms in total. The van der Waals surface area contributed by atoms with Gasteiger partial charge < -0.3 is 15.2 Å². The average molecular weight is 345 g/mol. The number of thiophene rings is 1. The maximum atomic E-state index is 12.6. The predicted octanol–water partition coefficient (Wildman–Crippen LogP) is 3.43. The standard InChI is InChI=1S/C14H14F3N3O2S/c1-8-3-4-23-11(8)7-20(2)13(22)19-10-5-9(14(15,16)17)6-18-12(10)21/h3-6H,7H2,1-2H3,(H,18,21)(H,19,22). The van der Waals surface area contributed by atoms with Crippen molar-refractivity contribution in [2.24, 2.45) is 0 Å². The van der Waals surface area contributed by atoms with E-state index in [-0.39, 0.29) is 0 Å². The second-order valence-corrected chi connectivity index (χ2v) is 5.94. The number of carbonyl (C=O) groups excluding carboxylic acids is 1. The second-order valence-electron chi connectivity index (χ2n) is 4.94. The Morgan fingerprint density at radius 3 is 2.70 bits per heavy atom. The van der Waals surface area contributed by atoms with Gasteiger partial charge in [-0.05, 0) is 30.0 Å². The number of aromatic nitrogens is 1. The molecule has 0 aliphatic rings. The molecule has 23 heavy (non-hydrogen) atoms. The molecule has 0 unspecified atom stereocenters. The van der Waals surface area contributed by atoms with E-state index < -0.39 is 29.0 Å². The number of halogens is 3. The third-order valence-corrected chi connectivity index (χ3v) is 4.18. The van der Waals surface area contributed by atoms with Gasteiger partial charge in [0.2, 0.25) is 0 Å². The smallest absolute Gasteiger partial charge is 0.327 e. The molecule has 0 bridgehead atoms. The lowest BCUT2D eigenvalue weighted by Crippen LogP contribution is -2.33. The summed E-state index contributed by atoms with van der Waals surface area (Å²) in [5.41, 5.74) is -1.26. The van der Waals surface area contributed by atoms with Gasteiger partial charge in [-0.15, -0.1) is 11.3 Å². The first-order valence-corrected chi connectivity index (χ1v) is 7.41. The molecule has 0 radical (unpaired) electrons. The Morgan fingerprint density at radius 1 is 1.43 bits per heavy atom. The highest BCUT2D eigenvalue weighted by Gasteiger charge is 2.31. The van der Waals surface area contributed by atoms with Gasteiger partial charge in [0.05, 0.1) is 12.1 Å². The number of aryl methyl sites for hydroxylation is 1. The summed E-state index contributed by atoms with van der Waals surface area (Å²) in [7, 11) is 1.50. The van der Waals surface area contributed by atoms with Crippen LogP contribution in [0.4, 0.5) is 23.7 Å². The van der Waals surface area contributed by atoms with E-state index in [1.165, 1.54) is 23.3 Å². The van der Waals surface area contributed by atoms with Crippen molar-refractivity contribution in [2.75, 3.05) is 12.4 Å². The van der Waals surface area contributed by atoms with E-state index in [4.69, 9.17) is 0 Å². The van der Waals surface area contributed by atoms with Crippen LogP contribution in [-0.2, 0) is 12.7 Å². The SMILES string of the molecule is Cc1ccsc1CN(C)C(=O)Nc1cc(C(F)(F)F)c[nH]c1=O. The molecule has 2 N–H and O–H groups in total. The number of hydrogen-bond acceptors (Lipinski definition) is 3. The quantitative estimate of drug-likeness (QED) is 0.895. The van der Waals surface area contributed by atoms with Crippen molar-refractivity contribution in [3.05, 3.63) is 50.1 Å². The fourth-order valence-electron chi connectivity index (χ4n) is 1.80. The number of rotatable bonds is 3. The minimum atomic E-state index is -4.61. The summed E-state index contributed by atoms with van der Waals surface area (Å²) in [6.45, 7) is 2.20. The number of amides is 2. The molecule has 2 rings (SSSR count). The molecule has 0 aliphatic heterocycles. The van der Waals surface area contributed by atoms with Crippen LogP contribution in [0, 0.1) is 6.92 Å². The van der Waals surface area contributed by atoms with Gasteiger partial charge in [-0.25, -0.2) is 4.79 Å². The topological polar surface area (TPSA) is 65.2 Å². The zero-order chi connectivity index (χ0) is 17.2. The van der Waals surface area contributed by atoms with Crippen LogP contribution in [0.3, 0.4) is 0 Å². The van der Waals surface area contributed by atoms with Crippen LogP contribution in [0.1, 0.15) is 16.0 Å². The summed E-state index contributed by atoms with van der Waals surface area (Å²) < 4.78 is 37.9. The first kappa shape index (κ1) is 17.1. The molecule has 2 aromatic heterocycles. The van der Waals surface area contributed by atoms with Crippen molar-refractivity contribution in [3.63, 3.8) is 0 Å². The zero-order valence-electron chi connectivity index (χ0n) is 12.3. The number of aromatic amines is 1. The van der Waals surface area contributed by atoms with Gasteiger partial charge in [-0.3, -0.25) is 4.79 Å². The number of nitrogens with zero attached hydrogens (tertiary/aromatic N) is 1. The predicted molar refractivity (Wildman–Crippen MR) is 81.6 cm³/mol. The fourth-order valence-corrected chi connectivity index (χ4v) is 2.76. The molecule has 9 heteroatoms. The molecular formula is C14H14F3N3O2S. The highest BCUT2D eigenvalue weighted by molar-refractivity contribution is 7.10. The lowest BCUT2D eigenvalue weighted by atomic mass is 10.2. The van der Waals surface area contributed by atoms with Crippen LogP contribution in [-0.4, -0.2) is 23.0 Å². The number of urea groups is 1. The van der Waals surface area contributed by atoms with E-state index in [2.05, 4.69) is 5.32 Å². The molecule has 124 valence electrons. The highest BCUT2D eigenvalue weighted by atomic mass is 32.1. The maximum Gasteiger partial charge on any atom is 0.417 e. The second kappa shape index (κ2) is 6.45. The monoisotopic (exact) mass is 345 g/mol. The molecule has 0 saturated heterocycles. The third kappa shape index (κ3) is 4.13. The van der Waals surface area contributed by atoms with Gasteiger partial charge in [-0.2, -0.15) is 13.2 Å². The van der Waals surface area contributed by atoms with Crippen LogP contribution < -0.4 is 10.9 Å². The van der Waals surface area contributed by atoms with Crippen LogP contribution in [0.5, 0.6) is 0 Å². The number of pyridine rings is 1. The van der Waals surface area contributed by atoms with Crippen molar-refractivity contribution in [2.45, 2.75) is 19.6 Å².